The Morgan fingerprint density at radius 1 is 0.774 bits per heavy atom. The zero-order chi connectivity index (χ0) is 22.6. The van der Waals surface area contributed by atoms with Crippen LogP contribution in [0, 0.1) is 50.7 Å². The predicted octanol–water partition coefficient (Wildman–Crippen LogP) is 7.94. The van der Waals surface area contributed by atoms with Gasteiger partial charge in [0.25, 0.3) is 0 Å². The first-order valence-corrected chi connectivity index (χ1v) is 13.4. The quantitative estimate of drug-likeness (QED) is 0.418. The van der Waals surface area contributed by atoms with Crippen LogP contribution < -0.4 is 0 Å². The molecule has 1 nitrogen and oxygen atoms in total. The van der Waals surface area contributed by atoms with Gasteiger partial charge in [0.05, 0.1) is 6.10 Å². The van der Waals surface area contributed by atoms with Crippen LogP contribution in [0.5, 0.6) is 0 Å². The molecular weight excluding hydrogens is 376 g/mol. The van der Waals surface area contributed by atoms with Crippen LogP contribution in [-0.2, 0) is 0 Å². The minimum absolute atomic E-state index is 0.0124. The Morgan fingerprint density at radius 3 is 2.19 bits per heavy atom. The molecule has 0 radical (unpaired) electrons. The second-order valence-corrected chi connectivity index (χ2v) is 14.3. The van der Waals surface area contributed by atoms with Gasteiger partial charge in [-0.3, -0.25) is 0 Å². The van der Waals surface area contributed by atoms with Gasteiger partial charge in [0, 0.05) is 0 Å². The van der Waals surface area contributed by atoms with Crippen molar-refractivity contribution in [2.45, 2.75) is 113 Å². The second kappa shape index (κ2) is 6.52. The van der Waals surface area contributed by atoms with E-state index < -0.39 is 0 Å². The number of allylic oxidation sites excluding steroid dienone is 4. The van der Waals surface area contributed by atoms with E-state index in [9.17, 15) is 5.11 Å². The summed E-state index contributed by atoms with van der Waals surface area (Å²) in [5.41, 5.74) is 4.84. The minimum atomic E-state index is -0.152. The van der Waals surface area contributed by atoms with Gasteiger partial charge in [-0.25, -0.2) is 0 Å². The van der Waals surface area contributed by atoms with Gasteiger partial charge in [0.2, 0.25) is 0 Å². The molecule has 9 unspecified atom stereocenters. The highest BCUT2D eigenvalue weighted by Crippen LogP contribution is 2.74. The molecule has 1 N–H and O–H groups in total. The number of fused-ring (bicyclic) bond motifs is 7. The maximum atomic E-state index is 10.9. The van der Waals surface area contributed by atoms with Crippen LogP contribution in [0.2, 0.25) is 0 Å². The summed E-state index contributed by atoms with van der Waals surface area (Å²) in [4.78, 5) is 0. The van der Waals surface area contributed by atoms with Gasteiger partial charge in [-0.1, -0.05) is 78.7 Å². The molecule has 9 atom stereocenters. The van der Waals surface area contributed by atoms with Crippen molar-refractivity contribution in [1.82, 2.24) is 0 Å². The van der Waals surface area contributed by atoms with Crippen LogP contribution in [0.15, 0.2) is 23.3 Å². The topological polar surface area (TPSA) is 20.2 Å². The maximum Gasteiger partial charge on any atom is 0.0594 e. The molecule has 0 aromatic heterocycles. The lowest BCUT2D eigenvalue weighted by Gasteiger charge is -2.69. The standard InChI is InChI=1S/C30H48O/c1-19-11-14-27(5)17-18-29(7)21(25(27)20(19)2)9-10-23-28(6)15-13-24(31)26(3,4)22(28)12-16-30(23,29)8/h9-10,19-20,22,24-25,31H,11-18H2,1-8H3. The molecule has 5 aliphatic carbocycles. The zero-order valence-corrected chi connectivity index (χ0v) is 21.6. The molecule has 0 saturated heterocycles. The molecule has 4 saturated carbocycles. The van der Waals surface area contributed by atoms with Crippen molar-refractivity contribution in [2.75, 3.05) is 0 Å². The highest BCUT2D eigenvalue weighted by atomic mass is 16.3. The van der Waals surface area contributed by atoms with Crippen LogP contribution in [0.1, 0.15) is 107 Å². The highest BCUT2D eigenvalue weighted by Gasteiger charge is 2.65. The van der Waals surface area contributed by atoms with Crippen molar-refractivity contribution in [2.24, 2.45) is 50.7 Å². The first-order valence-electron chi connectivity index (χ1n) is 13.4. The summed E-state index contributed by atoms with van der Waals surface area (Å²) in [6.07, 6.45) is 15.3. The number of aliphatic hydroxyl groups excluding tert-OH is 1. The van der Waals surface area contributed by atoms with E-state index in [1.807, 2.05) is 5.57 Å². The van der Waals surface area contributed by atoms with E-state index in [1.165, 1.54) is 38.5 Å². The summed E-state index contributed by atoms with van der Waals surface area (Å²) in [6, 6.07) is 0. The molecular formula is C30H48O. The molecule has 4 fully saturated rings. The molecule has 0 spiro atoms. The Balaban J connectivity index is 1.64. The van der Waals surface area contributed by atoms with E-state index in [-0.39, 0.29) is 22.3 Å². The molecule has 5 rings (SSSR count). The van der Waals surface area contributed by atoms with E-state index in [2.05, 4.69) is 67.5 Å². The monoisotopic (exact) mass is 424 g/mol. The summed E-state index contributed by atoms with van der Waals surface area (Å²) in [5.74, 6) is 2.97. The normalized spacial score (nSPS) is 55.7. The summed E-state index contributed by atoms with van der Waals surface area (Å²) in [7, 11) is 0. The molecule has 0 bridgehead atoms. The van der Waals surface area contributed by atoms with Crippen molar-refractivity contribution in [3.8, 4) is 0 Å². The first-order chi connectivity index (χ1) is 14.3. The molecule has 0 aromatic rings. The highest BCUT2D eigenvalue weighted by molar-refractivity contribution is 5.45. The molecule has 0 aliphatic heterocycles. The smallest absolute Gasteiger partial charge is 0.0594 e. The summed E-state index contributed by atoms with van der Waals surface area (Å²) < 4.78 is 0. The van der Waals surface area contributed by atoms with Crippen molar-refractivity contribution < 1.29 is 5.11 Å². The van der Waals surface area contributed by atoms with Gasteiger partial charge < -0.3 is 5.11 Å². The SMILES string of the molecule is CC1CCC2(C)CCC3(C)C(=CC=C4C5(C)CCC(O)C(C)(C)C5CCC43C)C2C1C. The van der Waals surface area contributed by atoms with Crippen LogP contribution in [0.25, 0.3) is 0 Å². The van der Waals surface area contributed by atoms with E-state index in [0.29, 0.717) is 16.7 Å². The number of hydrogen-bond acceptors (Lipinski definition) is 1. The number of aliphatic hydroxyl groups is 1. The molecule has 0 heterocycles. The summed E-state index contributed by atoms with van der Waals surface area (Å²) in [5, 5.41) is 10.9. The van der Waals surface area contributed by atoms with Gasteiger partial charge >= 0.3 is 0 Å². The average molecular weight is 425 g/mol. The molecule has 1 heteroatoms. The Hall–Kier alpha value is -0.560. The lowest BCUT2D eigenvalue weighted by molar-refractivity contribution is -0.126. The molecule has 31 heavy (non-hydrogen) atoms. The maximum absolute atomic E-state index is 10.9. The van der Waals surface area contributed by atoms with E-state index in [1.54, 1.807) is 5.57 Å². The van der Waals surface area contributed by atoms with Crippen LogP contribution in [0.4, 0.5) is 0 Å². The fourth-order valence-corrected chi connectivity index (χ4v) is 10.2. The van der Waals surface area contributed by atoms with Crippen molar-refractivity contribution >= 4 is 0 Å². The Morgan fingerprint density at radius 2 is 1.48 bits per heavy atom. The van der Waals surface area contributed by atoms with E-state index in [4.69, 9.17) is 0 Å². The summed E-state index contributed by atoms with van der Waals surface area (Å²) in [6.45, 7) is 20.2. The number of hydrogen-bond donors (Lipinski definition) is 1. The van der Waals surface area contributed by atoms with Crippen LogP contribution in [0.3, 0.4) is 0 Å². The fraction of sp³-hybridized carbons (Fsp3) is 0.867. The minimum Gasteiger partial charge on any atom is -0.393 e. The van der Waals surface area contributed by atoms with Crippen molar-refractivity contribution in [3.05, 3.63) is 23.3 Å². The average Bonchev–Trinajstić information content (AvgIpc) is 2.69. The Labute approximate surface area is 192 Å². The molecule has 0 aromatic carbocycles. The van der Waals surface area contributed by atoms with E-state index >= 15 is 0 Å². The lowest BCUT2D eigenvalue weighted by atomic mass is 9.36. The fourth-order valence-electron chi connectivity index (χ4n) is 10.2. The van der Waals surface area contributed by atoms with Crippen molar-refractivity contribution in [3.63, 3.8) is 0 Å². The summed E-state index contributed by atoms with van der Waals surface area (Å²) >= 11 is 0. The van der Waals surface area contributed by atoms with Crippen molar-refractivity contribution in [1.29, 1.82) is 0 Å². The third-order valence-corrected chi connectivity index (χ3v) is 12.8. The van der Waals surface area contributed by atoms with Gasteiger partial charge in [-0.05, 0) is 102 Å². The van der Waals surface area contributed by atoms with Gasteiger partial charge in [0.15, 0.2) is 0 Å². The predicted molar refractivity (Wildman–Crippen MR) is 131 cm³/mol. The second-order valence-electron chi connectivity index (χ2n) is 14.3. The lowest BCUT2D eigenvalue weighted by Crippen LogP contribution is -2.61. The van der Waals surface area contributed by atoms with Crippen LogP contribution in [-0.4, -0.2) is 11.2 Å². The van der Waals surface area contributed by atoms with Crippen LogP contribution >= 0.6 is 0 Å². The zero-order valence-electron chi connectivity index (χ0n) is 21.6. The first kappa shape index (κ1) is 22.2. The Kier molecular flexibility index (Phi) is 4.68. The molecule has 174 valence electrons. The molecule has 5 aliphatic rings. The largest absolute Gasteiger partial charge is 0.393 e. The van der Waals surface area contributed by atoms with Gasteiger partial charge in [-0.2, -0.15) is 0 Å². The van der Waals surface area contributed by atoms with Gasteiger partial charge in [0.1, 0.15) is 0 Å². The Bertz CT molecular complexity index is 833. The third kappa shape index (κ3) is 2.59. The number of rotatable bonds is 0. The van der Waals surface area contributed by atoms with E-state index in [0.717, 1.165) is 30.6 Å². The van der Waals surface area contributed by atoms with Gasteiger partial charge in [-0.15, -0.1) is 0 Å². The third-order valence-electron chi connectivity index (χ3n) is 12.8. The molecule has 0 amide bonds.